The Morgan fingerprint density at radius 3 is 2.48 bits per heavy atom. The fourth-order valence-electron chi connectivity index (χ4n) is 3.09. The molecular weight excluding hydrogens is 262 g/mol. The maximum atomic E-state index is 12.8. The fourth-order valence-corrected chi connectivity index (χ4v) is 3.09. The maximum Gasteiger partial charge on any atom is 0.226 e. The van der Waals surface area contributed by atoms with Crippen molar-refractivity contribution in [1.29, 1.82) is 0 Å². The second-order valence-electron chi connectivity index (χ2n) is 6.61. The fraction of sp³-hybridized carbons (Fsp3) is 0.611. The molecule has 1 aromatic carbocycles. The zero-order valence-electron chi connectivity index (χ0n) is 13.3. The number of hydrogen-bond acceptors (Lipinski definition) is 2. The van der Waals surface area contributed by atoms with Gasteiger partial charge in [-0.25, -0.2) is 0 Å². The molecule has 21 heavy (non-hydrogen) atoms. The van der Waals surface area contributed by atoms with E-state index in [0.29, 0.717) is 12.5 Å². The van der Waals surface area contributed by atoms with Gasteiger partial charge < -0.3 is 10.0 Å². The van der Waals surface area contributed by atoms with Gasteiger partial charge >= 0.3 is 0 Å². The highest BCUT2D eigenvalue weighted by atomic mass is 16.3. The van der Waals surface area contributed by atoms with Crippen LogP contribution in [-0.4, -0.2) is 35.1 Å². The molecule has 0 saturated carbocycles. The number of benzene rings is 1. The summed E-state index contributed by atoms with van der Waals surface area (Å²) in [5.74, 6) is 0.832. The quantitative estimate of drug-likeness (QED) is 0.905. The summed E-state index contributed by atoms with van der Waals surface area (Å²) in [6.07, 6.45) is 1.39. The first-order valence-electron chi connectivity index (χ1n) is 7.99. The summed E-state index contributed by atoms with van der Waals surface area (Å²) < 4.78 is 0. The van der Waals surface area contributed by atoms with Gasteiger partial charge in [-0.15, -0.1) is 0 Å². The molecule has 1 aromatic rings. The predicted octanol–water partition coefficient (Wildman–Crippen LogP) is 2.73. The molecule has 1 aliphatic heterocycles. The number of nitrogens with zero attached hydrogens (tertiary/aromatic N) is 1. The topological polar surface area (TPSA) is 40.5 Å². The van der Waals surface area contributed by atoms with Crippen LogP contribution in [0.2, 0.25) is 0 Å². The third-order valence-corrected chi connectivity index (χ3v) is 4.64. The van der Waals surface area contributed by atoms with Gasteiger partial charge in [-0.2, -0.15) is 0 Å². The molecule has 1 amide bonds. The van der Waals surface area contributed by atoms with Gasteiger partial charge in [-0.05, 0) is 31.2 Å². The van der Waals surface area contributed by atoms with Crippen LogP contribution in [0.3, 0.4) is 0 Å². The average Bonchev–Trinajstić information content (AvgIpc) is 2.95. The van der Waals surface area contributed by atoms with Crippen LogP contribution in [0.5, 0.6) is 0 Å². The van der Waals surface area contributed by atoms with Crippen LogP contribution in [0.15, 0.2) is 30.3 Å². The van der Waals surface area contributed by atoms with Crippen molar-refractivity contribution in [3.8, 4) is 0 Å². The van der Waals surface area contributed by atoms with Crippen molar-refractivity contribution < 1.29 is 9.90 Å². The van der Waals surface area contributed by atoms with Crippen molar-refractivity contribution in [2.75, 3.05) is 13.1 Å². The first-order chi connectivity index (χ1) is 9.99. The van der Waals surface area contributed by atoms with Crippen LogP contribution < -0.4 is 0 Å². The lowest BCUT2D eigenvalue weighted by Crippen LogP contribution is -2.38. The normalized spacial score (nSPS) is 21.6. The number of carbonyl (C=O) groups excluding carboxylic acids is 1. The molecule has 1 N–H and O–H groups in total. The average molecular weight is 289 g/mol. The number of amides is 1. The molecule has 1 fully saturated rings. The lowest BCUT2D eigenvalue weighted by atomic mass is 9.88. The van der Waals surface area contributed by atoms with E-state index in [1.54, 1.807) is 0 Å². The van der Waals surface area contributed by atoms with E-state index in [0.717, 1.165) is 19.4 Å². The second-order valence-corrected chi connectivity index (χ2v) is 6.61. The molecule has 1 aliphatic rings. The predicted molar refractivity (Wildman–Crippen MR) is 84.8 cm³/mol. The molecular formula is C18H27NO2. The molecule has 3 atom stereocenters. The lowest BCUT2D eigenvalue weighted by Gasteiger charge is -2.26. The Kier molecular flexibility index (Phi) is 5.40. The third kappa shape index (κ3) is 4.07. The van der Waals surface area contributed by atoms with E-state index in [1.807, 2.05) is 30.0 Å². The van der Waals surface area contributed by atoms with E-state index in [2.05, 4.69) is 26.0 Å². The van der Waals surface area contributed by atoms with Crippen molar-refractivity contribution in [3.63, 3.8) is 0 Å². The van der Waals surface area contributed by atoms with Crippen molar-refractivity contribution in [1.82, 2.24) is 4.90 Å². The van der Waals surface area contributed by atoms with E-state index in [-0.39, 0.29) is 23.8 Å². The molecule has 3 nitrogen and oxygen atoms in total. The molecule has 0 radical (unpaired) electrons. The minimum absolute atomic E-state index is 0.0279. The van der Waals surface area contributed by atoms with Gasteiger partial charge in [0.05, 0.1) is 6.10 Å². The van der Waals surface area contributed by atoms with E-state index in [9.17, 15) is 9.90 Å². The van der Waals surface area contributed by atoms with E-state index < -0.39 is 0 Å². The molecule has 1 saturated heterocycles. The molecule has 3 heteroatoms. The molecule has 0 spiro atoms. The van der Waals surface area contributed by atoms with E-state index in [1.165, 1.54) is 5.56 Å². The Morgan fingerprint density at radius 2 is 1.95 bits per heavy atom. The maximum absolute atomic E-state index is 12.8. The Labute approximate surface area is 128 Å². The lowest BCUT2D eigenvalue weighted by molar-refractivity contribution is -0.136. The van der Waals surface area contributed by atoms with Crippen LogP contribution in [-0.2, 0) is 11.2 Å². The first-order valence-corrected chi connectivity index (χ1v) is 7.99. The molecule has 116 valence electrons. The SMILES string of the molecule is CC(C)C(Cc1ccccc1)C(=O)N1CCC(C(C)O)C1. The van der Waals surface area contributed by atoms with Crippen LogP contribution in [0, 0.1) is 17.8 Å². The highest BCUT2D eigenvalue weighted by Gasteiger charge is 2.33. The van der Waals surface area contributed by atoms with Crippen molar-refractivity contribution in [2.24, 2.45) is 17.8 Å². The highest BCUT2D eigenvalue weighted by molar-refractivity contribution is 5.79. The highest BCUT2D eigenvalue weighted by Crippen LogP contribution is 2.25. The molecule has 0 aromatic heterocycles. The van der Waals surface area contributed by atoms with Gasteiger partial charge in [-0.3, -0.25) is 4.79 Å². The number of aliphatic hydroxyl groups is 1. The second kappa shape index (κ2) is 7.08. The summed E-state index contributed by atoms with van der Waals surface area (Å²) in [5, 5.41) is 9.70. The number of hydrogen-bond donors (Lipinski definition) is 1. The number of likely N-dealkylation sites (tertiary alicyclic amines) is 1. The molecule has 1 heterocycles. The van der Waals surface area contributed by atoms with Crippen molar-refractivity contribution >= 4 is 5.91 Å². The smallest absolute Gasteiger partial charge is 0.226 e. The Morgan fingerprint density at radius 1 is 1.29 bits per heavy atom. The number of carbonyl (C=O) groups is 1. The van der Waals surface area contributed by atoms with Gasteiger partial charge in [0.1, 0.15) is 0 Å². The molecule has 0 aliphatic carbocycles. The largest absolute Gasteiger partial charge is 0.393 e. The van der Waals surface area contributed by atoms with E-state index in [4.69, 9.17) is 0 Å². The van der Waals surface area contributed by atoms with Crippen LogP contribution in [0.4, 0.5) is 0 Å². The molecule has 2 rings (SSSR count). The third-order valence-electron chi connectivity index (χ3n) is 4.64. The van der Waals surface area contributed by atoms with Gasteiger partial charge in [0, 0.05) is 24.9 Å². The first kappa shape index (κ1) is 16.0. The molecule has 3 unspecified atom stereocenters. The Bertz CT molecular complexity index is 456. The van der Waals surface area contributed by atoms with Crippen LogP contribution in [0.1, 0.15) is 32.8 Å². The van der Waals surface area contributed by atoms with Gasteiger partial charge in [0.2, 0.25) is 5.91 Å². The van der Waals surface area contributed by atoms with Gasteiger partial charge in [0.15, 0.2) is 0 Å². The summed E-state index contributed by atoms with van der Waals surface area (Å²) >= 11 is 0. The minimum atomic E-state index is -0.325. The van der Waals surface area contributed by atoms with Crippen LogP contribution >= 0.6 is 0 Å². The summed E-state index contributed by atoms with van der Waals surface area (Å²) in [7, 11) is 0. The Hall–Kier alpha value is -1.35. The summed E-state index contributed by atoms with van der Waals surface area (Å²) in [4.78, 5) is 14.8. The monoisotopic (exact) mass is 289 g/mol. The zero-order valence-corrected chi connectivity index (χ0v) is 13.3. The standard InChI is InChI=1S/C18H27NO2/c1-13(2)17(11-15-7-5-4-6-8-15)18(21)19-10-9-16(12-19)14(3)20/h4-8,13-14,16-17,20H,9-12H2,1-3H3. The minimum Gasteiger partial charge on any atom is -0.393 e. The summed E-state index contributed by atoms with van der Waals surface area (Å²) in [5.41, 5.74) is 1.22. The number of aliphatic hydroxyl groups excluding tert-OH is 1. The Balaban J connectivity index is 2.03. The molecule has 0 bridgehead atoms. The van der Waals surface area contributed by atoms with Crippen LogP contribution in [0.25, 0.3) is 0 Å². The van der Waals surface area contributed by atoms with Crippen molar-refractivity contribution in [3.05, 3.63) is 35.9 Å². The van der Waals surface area contributed by atoms with Gasteiger partial charge in [-0.1, -0.05) is 44.2 Å². The van der Waals surface area contributed by atoms with Crippen molar-refractivity contribution in [2.45, 2.75) is 39.7 Å². The summed E-state index contributed by atoms with van der Waals surface area (Å²) in [6, 6.07) is 10.2. The van der Waals surface area contributed by atoms with Gasteiger partial charge in [0.25, 0.3) is 0 Å². The summed E-state index contributed by atoms with van der Waals surface area (Å²) in [6.45, 7) is 7.55. The zero-order chi connectivity index (χ0) is 15.4. The van der Waals surface area contributed by atoms with E-state index >= 15 is 0 Å². The number of rotatable bonds is 5.